The van der Waals surface area contributed by atoms with Crippen LogP contribution in [0.4, 0.5) is 0 Å². The number of aryl methyl sites for hydroxylation is 1. The van der Waals surface area contributed by atoms with Gasteiger partial charge < -0.3 is 10.1 Å². The number of carbonyl (C=O) groups excluding carboxylic acids is 1. The summed E-state index contributed by atoms with van der Waals surface area (Å²) in [6, 6.07) is 22.7. The lowest BCUT2D eigenvalue weighted by molar-refractivity contribution is 0.0946. The van der Waals surface area contributed by atoms with E-state index in [1.807, 2.05) is 61.5 Å². The van der Waals surface area contributed by atoms with E-state index in [0.29, 0.717) is 17.8 Å². The van der Waals surface area contributed by atoms with Crippen LogP contribution in [-0.4, -0.2) is 15.9 Å². The highest BCUT2D eigenvalue weighted by molar-refractivity contribution is 5.94. The number of amides is 1. The van der Waals surface area contributed by atoms with Gasteiger partial charge in [-0.05, 0) is 66.6 Å². The van der Waals surface area contributed by atoms with E-state index < -0.39 is 0 Å². The Hall–Kier alpha value is -3.73. The summed E-state index contributed by atoms with van der Waals surface area (Å²) in [5, 5.41) is 2.90. The van der Waals surface area contributed by atoms with E-state index >= 15 is 0 Å². The number of ether oxygens (including phenoxy) is 1. The molecule has 4 rings (SSSR count). The monoisotopic (exact) mass is 369 g/mol. The standard InChI is InChI=1S/C23H19N3O2/c1-16-5-2-7-18(13-16)28-19-8-3-6-17(14-19)15-25-23(27)22-11-10-20-21(26-22)9-4-12-24-20/h2-14H,15H2,1H3,(H,25,27). The van der Waals surface area contributed by atoms with Crippen molar-refractivity contribution in [3.63, 3.8) is 0 Å². The maximum absolute atomic E-state index is 12.4. The maximum atomic E-state index is 12.4. The molecule has 1 N–H and O–H groups in total. The zero-order valence-corrected chi connectivity index (χ0v) is 15.4. The third-order valence-corrected chi connectivity index (χ3v) is 4.27. The minimum Gasteiger partial charge on any atom is -0.457 e. The second-order valence-electron chi connectivity index (χ2n) is 6.49. The lowest BCUT2D eigenvalue weighted by Gasteiger charge is -2.09. The third-order valence-electron chi connectivity index (χ3n) is 4.27. The molecule has 0 aliphatic rings. The molecule has 0 aliphatic heterocycles. The number of nitrogens with one attached hydrogen (secondary N) is 1. The number of fused-ring (bicyclic) bond motifs is 1. The first-order valence-corrected chi connectivity index (χ1v) is 9.01. The molecule has 0 atom stereocenters. The number of pyridine rings is 2. The van der Waals surface area contributed by atoms with Crippen LogP contribution in [0.3, 0.4) is 0 Å². The molecule has 5 heteroatoms. The lowest BCUT2D eigenvalue weighted by atomic mass is 10.2. The van der Waals surface area contributed by atoms with Crippen molar-refractivity contribution >= 4 is 16.9 Å². The average molecular weight is 369 g/mol. The Balaban J connectivity index is 1.43. The molecule has 0 saturated heterocycles. The van der Waals surface area contributed by atoms with E-state index in [2.05, 4.69) is 15.3 Å². The highest BCUT2D eigenvalue weighted by Gasteiger charge is 2.09. The zero-order valence-electron chi connectivity index (χ0n) is 15.4. The van der Waals surface area contributed by atoms with Crippen molar-refractivity contribution in [2.24, 2.45) is 0 Å². The van der Waals surface area contributed by atoms with Crippen LogP contribution in [0.5, 0.6) is 11.5 Å². The minimum atomic E-state index is -0.226. The summed E-state index contributed by atoms with van der Waals surface area (Å²) in [7, 11) is 0. The second kappa shape index (κ2) is 7.88. The molecule has 2 heterocycles. The fourth-order valence-corrected chi connectivity index (χ4v) is 2.89. The van der Waals surface area contributed by atoms with Gasteiger partial charge in [0.2, 0.25) is 0 Å². The number of rotatable bonds is 5. The molecule has 1 amide bonds. The van der Waals surface area contributed by atoms with Crippen molar-refractivity contribution in [1.82, 2.24) is 15.3 Å². The third kappa shape index (κ3) is 4.15. The van der Waals surface area contributed by atoms with E-state index in [4.69, 9.17) is 4.74 Å². The summed E-state index contributed by atoms with van der Waals surface area (Å²) in [4.78, 5) is 21.0. The summed E-state index contributed by atoms with van der Waals surface area (Å²) in [5.41, 5.74) is 3.91. The van der Waals surface area contributed by atoms with Crippen LogP contribution < -0.4 is 10.1 Å². The molecule has 5 nitrogen and oxygen atoms in total. The van der Waals surface area contributed by atoms with Gasteiger partial charge >= 0.3 is 0 Å². The summed E-state index contributed by atoms with van der Waals surface area (Å²) in [6.07, 6.45) is 1.70. The first-order chi connectivity index (χ1) is 13.7. The minimum absolute atomic E-state index is 0.226. The molecule has 0 aliphatic carbocycles. The van der Waals surface area contributed by atoms with Crippen molar-refractivity contribution in [3.05, 3.63) is 95.8 Å². The van der Waals surface area contributed by atoms with Gasteiger partial charge in [-0.15, -0.1) is 0 Å². The van der Waals surface area contributed by atoms with E-state index in [-0.39, 0.29) is 5.91 Å². The predicted octanol–water partition coefficient (Wildman–Crippen LogP) is 4.66. The maximum Gasteiger partial charge on any atom is 0.270 e. The molecule has 0 saturated carbocycles. The van der Waals surface area contributed by atoms with Gasteiger partial charge in [-0.3, -0.25) is 9.78 Å². The van der Waals surface area contributed by atoms with Crippen molar-refractivity contribution in [2.75, 3.05) is 0 Å². The van der Waals surface area contributed by atoms with Gasteiger partial charge in [0.15, 0.2) is 0 Å². The van der Waals surface area contributed by atoms with Gasteiger partial charge in [0.25, 0.3) is 5.91 Å². The highest BCUT2D eigenvalue weighted by atomic mass is 16.5. The first kappa shape index (κ1) is 17.7. The molecule has 4 aromatic rings. The largest absolute Gasteiger partial charge is 0.457 e. The molecule has 28 heavy (non-hydrogen) atoms. The molecule has 0 bridgehead atoms. The molecule has 138 valence electrons. The first-order valence-electron chi connectivity index (χ1n) is 9.01. The van der Waals surface area contributed by atoms with E-state index in [1.54, 1.807) is 24.4 Å². The van der Waals surface area contributed by atoms with Gasteiger partial charge in [-0.25, -0.2) is 4.98 Å². The Kier molecular flexibility index (Phi) is 4.97. The topological polar surface area (TPSA) is 64.1 Å². The Morgan fingerprint density at radius 1 is 0.929 bits per heavy atom. The predicted molar refractivity (Wildman–Crippen MR) is 108 cm³/mol. The normalized spacial score (nSPS) is 10.6. The van der Waals surface area contributed by atoms with E-state index in [0.717, 1.165) is 28.1 Å². The molecule has 2 aromatic carbocycles. The van der Waals surface area contributed by atoms with Crippen LogP contribution >= 0.6 is 0 Å². The van der Waals surface area contributed by atoms with Crippen molar-refractivity contribution in [3.8, 4) is 11.5 Å². The van der Waals surface area contributed by atoms with Gasteiger partial charge in [0.1, 0.15) is 17.2 Å². The van der Waals surface area contributed by atoms with Gasteiger partial charge in [0, 0.05) is 12.7 Å². The smallest absolute Gasteiger partial charge is 0.270 e. The molecular weight excluding hydrogens is 350 g/mol. The van der Waals surface area contributed by atoms with Gasteiger partial charge in [0.05, 0.1) is 11.0 Å². The number of hydrogen-bond donors (Lipinski definition) is 1. The Morgan fingerprint density at radius 2 is 1.75 bits per heavy atom. The molecular formula is C23H19N3O2. The van der Waals surface area contributed by atoms with Crippen LogP contribution in [0.25, 0.3) is 11.0 Å². The fraction of sp³-hybridized carbons (Fsp3) is 0.0870. The number of aromatic nitrogens is 2. The van der Waals surface area contributed by atoms with Crippen LogP contribution in [0.2, 0.25) is 0 Å². The Morgan fingerprint density at radius 3 is 2.61 bits per heavy atom. The van der Waals surface area contributed by atoms with E-state index in [9.17, 15) is 4.79 Å². The number of hydrogen-bond acceptors (Lipinski definition) is 4. The zero-order chi connectivity index (χ0) is 19.3. The molecule has 0 radical (unpaired) electrons. The number of carbonyl (C=O) groups is 1. The summed E-state index contributed by atoms with van der Waals surface area (Å²) >= 11 is 0. The second-order valence-corrected chi connectivity index (χ2v) is 6.49. The van der Waals surface area contributed by atoms with Crippen molar-refractivity contribution in [2.45, 2.75) is 13.5 Å². The molecule has 0 spiro atoms. The van der Waals surface area contributed by atoms with Crippen LogP contribution in [0.1, 0.15) is 21.6 Å². The van der Waals surface area contributed by atoms with Crippen molar-refractivity contribution in [1.29, 1.82) is 0 Å². The summed E-state index contributed by atoms with van der Waals surface area (Å²) in [6.45, 7) is 2.41. The summed E-state index contributed by atoms with van der Waals surface area (Å²) < 4.78 is 5.91. The molecule has 2 aromatic heterocycles. The van der Waals surface area contributed by atoms with Crippen LogP contribution in [0, 0.1) is 6.92 Å². The Bertz CT molecular complexity index is 1140. The number of benzene rings is 2. The van der Waals surface area contributed by atoms with Crippen LogP contribution in [0.15, 0.2) is 79.0 Å². The number of nitrogens with zero attached hydrogens (tertiary/aromatic N) is 2. The Labute approximate surface area is 163 Å². The highest BCUT2D eigenvalue weighted by Crippen LogP contribution is 2.23. The molecule has 0 unspecified atom stereocenters. The summed E-state index contributed by atoms with van der Waals surface area (Å²) in [5.74, 6) is 1.29. The SMILES string of the molecule is Cc1cccc(Oc2cccc(CNC(=O)c3ccc4ncccc4n3)c2)c1. The van der Waals surface area contributed by atoms with Crippen LogP contribution in [-0.2, 0) is 6.54 Å². The quantitative estimate of drug-likeness (QED) is 0.556. The fourth-order valence-electron chi connectivity index (χ4n) is 2.89. The van der Waals surface area contributed by atoms with E-state index in [1.165, 1.54) is 0 Å². The average Bonchev–Trinajstić information content (AvgIpc) is 2.72. The molecule has 0 fully saturated rings. The lowest BCUT2D eigenvalue weighted by Crippen LogP contribution is -2.23. The van der Waals surface area contributed by atoms with Gasteiger partial charge in [-0.2, -0.15) is 0 Å². The van der Waals surface area contributed by atoms with Crippen molar-refractivity contribution < 1.29 is 9.53 Å². The van der Waals surface area contributed by atoms with Gasteiger partial charge in [-0.1, -0.05) is 24.3 Å².